The van der Waals surface area contributed by atoms with Crippen LogP contribution in [0.2, 0.25) is 0 Å². The molecule has 3 fully saturated rings. The number of hydrogen-bond acceptors (Lipinski definition) is 10. The second-order valence-corrected chi connectivity index (χ2v) is 11.0. The van der Waals surface area contributed by atoms with Crippen LogP contribution in [0.3, 0.4) is 0 Å². The number of aromatic nitrogens is 3. The zero-order valence-corrected chi connectivity index (χ0v) is 19.7. The minimum absolute atomic E-state index is 0.0589. The molecular weight excluding hydrogens is 438 g/mol. The standard InChI is InChI=1S/C23H31N7O2S/c1-14-18(24)22(12-31-14)6-9-30(10-7-22)16-11-27-21(19(25)28-16)33-15-3-8-26-20-17(15)32-13-23(29-20)4-2-5-23/h3,8,11,14,18H,2,4-7,9-10,12-13,24H2,1H3,(H2,25,28)(H,26,29)/t14-,18+/m0/s1. The van der Waals surface area contributed by atoms with Gasteiger partial charge in [-0.2, -0.15) is 0 Å². The molecular formula is C23H31N7O2S. The third-order valence-electron chi connectivity index (χ3n) is 7.94. The fourth-order valence-corrected chi connectivity index (χ4v) is 6.32. The molecule has 33 heavy (non-hydrogen) atoms. The van der Waals surface area contributed by atoms with Crippen molar-refractivity contribution in [3.05, 3.63) is 18.5 Å². The zero-order chi connectivity index (χ0) is 22.6. The van der Waals surface area contributed by atoms with E-state index < -0.39 is 0 Å². The molecule has 1 saturated carbocycles. The number of nitrogens with zero attached hydrogens (tertiary/aromatic N) is 4. The number of ether oxygens (including phenoxy) is 2. The highest BCUT2D eigenvalue weighted by molar-refractivity contribution is 7.99. The molecule has 4 aliphatic rings. The molecule has 6 rings (SSSR count). The maximum atomic E-state index is 6.45. The van der Waals surface area contributed by atoms with Gasteiger partial charge in [-0.3, -0.25) is 0 Å². The van der Waals surface area contributed by atoms with Crippen molar-refractivity contribution in [1.29, 1.82) is 0 Å². The van der Waals surface area contributed by atoms with E-state index in [9.17, 15) is 0 Å². The second kappa shape index (κ2) is 7.89. The van der Waals surface area contributed by atoms with E-state index in [1.54, 1.807) is 6.20 Å². The topological polar surface area (TPSA) is 124 Å². The summed E-state index contributed by atoms with van der Waals surface area (Å²) in [6.45, 7) is 5.25. The third kappa shape index (κ3) is 3.59. The van der Waals surface area contributed by atoms with Gasteiger partial charge in [-0.05, 0) is 45.1 Å². The van der Waals surface area contributed by atoms with Crippen molar-refractivity contribution in [1.82, 2.24) is 15.0 Å². The number of nitrogens with two attached hydrogens (primary N) is 2. The number of piperidine rings is 1. The number of nitrogens with one attached hydrogen (secondary N) is 1. The predicted octanol–water partition coefficient (Wildman–Crippen LogP) is 2.66. The Labute approximate surface area is 198 Å². The molecule has 2 spiro atoms. The van der Waals surface area contributed by atoms with E-state index in [0.29, 0.717) is 17.5 Å². The van der Waals surface area contributed by atoms with E-state index in [0.717, 1.165) is 67.7 Å². The maximum absolute atomic E-state index is 6.45. The van der Waals surface area contributed by atoms with Crippen LogP contribution in [0.1, 0.15) is 39.0 Å². The Morgan fingerprint density at radius 3 is 2.67 bits per heavy atom. The summed E-state index contributed by atoms with van der Waals surface area (Å²) in [6, 6.07) is 2.04. The average molecular weight is 470 g/mol. The van der Waals surface area contributed by atoms with Crippen LogP contribution in [0, 0.1) is 5.41 Å². The van der Waals surface area contributed by atoms with Gasteiger partial charge in [0.25, 0.3) is 0 Å². The van der Waals surface area contributed by atoms with Crippen molar-refractivity contribution < 1.29 is 9.47 Å². The summed E-state index contributed by atoms with van der Waals surface area (Å²) in [6.07, 6.45) is 9.21. The van der Waals surface area contributed by atoms with Crippen LogP contribution < -0.4 is 26.4 Å². The third-order valence-corrected chi connectivity index (χ3v) is 8.99. The summed E-state index contributed by atoms with van der Waals surface area (Å²) in [5.41, 5.74) is 12.9. The second-order valence-electron chi connectivity index (χ2n) is 9.95. The Kier molecular flexibility index (Phi) is 5.08. The lowest BCUT2D eigenvalue weighted by Crippen LogP contribution is -2.52. The van der Waals surface area contributed by atoms with Crippen LogP contribution in [0.4, 0.5) is 17.5 Å². The molecule has 0 radical (unpaired) electrons. The number of fused-ring (bicyclic) bond motifs is 1. The van der Waals surface area contributed by atoms with E-state index in [2.05, 4.69) is 32.1 Å². The maximum Gasteiger partial charge on any atom is 0.175 e. The number of rotatable bonds is 3. The molecule has 2 atom stereocenters. The van der Waals surface area contributed by atoms with Gasteiger partial charge < -0.3 is 31.2 Å². The quantitative estimate of drug-likeness (QED) is 0.618. The number of nitrogen functional groups attached to an aromatic ring is 1. The molecule has 5 heterocycles. The molecule has 10 heteroatoms. The molecule has 0 amide bonds. The van der Waals surface area contributed by atoms with Gasteiger partial charge in [-0.15, -0.1) is 0 Å². The van der Waals surface area contributed by atoms with Crippen LogP contribution in [0.25, 0.3) is 0 Å². The Balaban J connectivity index is 1.16. The summed E-state index contributed by atoms with van der Waals surface area (Å²) in [5.74, 6) is 2.82. The van der Waals surface area contributed by atoms with Gasteiger partial charge in [0.15, 0.2) is 17.4 Å². The van der Waals surface area contributed by atoms with E-state index in [1.165, 1.54) is 18.2 Å². The van der Waals surface area contributed by atoms with Crippen molar-refractivity contribution >= 4 is 29.2 Å². The first-order valence-corrected chi connectivity index (χ1v) is 12.6. The first-order chi connectivity index (χ1) is 16.0. The number of hydrogen-bond donors (Lipinski definition) is 3. The Morgan fingerprint density at radius 2 is 2.00 bits per heavy atom. The molecule has 9 nitrogen and oxygen atoms in total. The van der Waals surface area contributed by atoms with E-state index >= 15 is 0 Å². The lowest BCUT2D eigenvalue weighted by atomic mass is 9.73. The number of anilines is 3. The monoisotopic (exact) mass is 469 g/mol. The van der Waals surface area contributed by atoms with Gasteiger partial charge in [0.2, 0.25) is 0 Å². The Bertz CT molecular complexity index is 1060. The molecule has 2 aromatic rings. The van der Waals surface area contributed by atoms with Crippen molar-refractivity contribution in [2.75, 3.05) is 42.3 Å². The molecule has 2 aromatic heterocycles. The van der Waals surface area contributed by atoms with Crippen molar-refractivity contribution in [3.8, 4) is 5.75 Å². The van der Waals surface area contributed by atoms with Crippen LogP contribution in [-0.4, -0.2) is 58.9 Å². The van der Waals surface area contributed by atoms with Gasteiger partial charge in [-0.1, -0.05) is 11.8 Å². The van der Waals surface area contributed by atoms with Crippen molar-refractivity contribution in [2.24, 2.45) is 11.1 Å². The SMILES string of the molecule is C[C@@H]1OCC2(CCN(c3cnc(Sc4ccnc5c4OCC4(CCC4)N5)c(N)n3)CC2)[C@@H]1N. The highest BCUT2D eigenvalue weighted by atomic mass is 32.2. The molecule has 0 unspecified atom stereocenters. The van der Waals surface area contributed by atoms with Gasteiger partial charge in [0.1, 0.15) is 17.5 Å². The van der Waals surface area contributed by atoms with Crippen LogP contribution in [0.15, 0.2) is 28.4 Å². The van der Waals surface area contributed by atoms with Crippen LogP contribution in [0.5, 0.6) is 5.75 Å². The molecule has 5 N–H and O–H groups in total. The summed E-state index contributed by atoms with van der Waals surface area (Å²) in [7, 11) is 0. The Morgan fingerprint density at radius 1 is 1.18 bits per heavy atom. The van der Waals surface area contributed by atoms with Gasteiger partial charge >= 0.3 is 0 Å². The van der Waals surface area contributed by atoms with Crippen molar-refractivity contribution in [3.63, 3.8) is 0 Å². The van der Waals surface area contributed by atoms with Crippen LogP contribution in [-0.2, 0) is 4.74 Å². The van der Waals surface area contributed by atoms with E-state index in [4.69, 9.17) is 20.9 Å². The van der Waals surface area contributed by atoms with Gasteiger partial charge in [-0.25, -0.2) is 15.0 Å². The first kappa shape index (κ1) is 21.2. The van der Waals surface area contributed by atoms with Gasteiger partial charge in [0.05, 0.1) is 29.3 Å². The fraction of sp³-hybridized carbons (Fsp3) is 0.609. The summed E-state index contributed by atoms with van der Waals surface area (Å²) in [4.78, 5) is 17.0. The Hall–Kier alpha value is -2.30. The zero-order valence-electron chi connectivity index (χ0n) is 18.9. The normalized spacial score (nSPS) is 27.0. The summed E-state index contributed by atoms with van der Waals surface area (Å²) < 4.78 is 12.0. The fourth-order valence-electron chi connectivity index (χ4n) is 5.48. The van der Waals surface area contributed by atoms with E-state index in [-0.39, 0.29) is 23.1 Å². The highest BCUT2D eigenvalue weighted by Crippen LogP contribution is 2.47. The average Bonchev–Trinajstić information content (AvgIpc) is 3.08. The van der Waals surface area contributed by atoms with Crippen LogP contribution >= 0.6 is 11.8 Å². The summed E-state index contributed by atoms with van der Waals surface area (Å²) >= 11 is 1.47. The molecule has 0 aromatic carbocycles. The number of pyridine rings is 1. The minimum atomic E-state index is 0.0589. The minimum Gasteiger partial charge on any atom is -0.486 e. The lowest BCUT2D eigenvalue weighted by Gasteiger charge is -2.45. The molecule has 176 valence electrons. The van der Waals surface area contributed by atoms with Crippen molar-refractivity contribution in [2.45, 2.75) is 66.6 Å². The lowest BCUT2D eigenvalue weighted by molar-refractivity contribution is 0.0974. The summed E-state index contributed by atoms with van der Waals surface area (Å²) in [5, 5.41) is 4.26. The smallest absolute Gasteiger partial charge is 0.175 e. The molecule has 1 aliphatic carbocycles. The molecule has 3 aliphatic heterocycles. The highest BCUT2D eigenvalue weighted by Gasteiger charge is 2.47. The predicted molar refractivity (Wildman–Crippen MR) is 128 cm³/mol. The molecule has 2 saturated heterocycles. The van der Waals surface area contributed by atoms with E-state index in [1.807, 2.05) is 12.3 Å². The van der Waals surface area contributed by atoms with Gasteiger partial charge in [0, 0.05) is 30.7 Å². The first-order valence-electron chi connectivity index (χ1n) is 11.8. The largest absolute Gasteiger partial charge is 0.486 e. The molecule has 0 bridgehead atoms.